The molecule has 1 fully saturated rings. The lowest BCUT2D eigenvalue weighted by molar-refractivity contribution is 0.386. The fourth-order valence-electron chi connectivity index (χ4n) is 3.91. The number of nitrogens with zero attached hydrogens (tertiary/aromatic N) is 3. The Morgan fingerprint density at radius 1 is 1.20 bits per heavy atom. The average molecular weight is 449 g/mol. The van der Waals surface area contributed by atoms with Crippen LogP contribution in [0.2, 0.25) is 5.15 Å². The number of H-pyrrole nitrogens is 1. The minimum Gasteiger partial charge on any atom is -0.351 e. The van der Waals surface area contributed by atoms with E-state index in [2.05, 4.69) is 30.0 Å². The number of fused-ring (bicyclic) bond motifs is 1. The Bertz CT molecular complexity index is 1130. The van der Waals surface area contributed by atoms with Crippen molar-refractivity contribution in [3.8, 4) is 11.3 Å². The van der Waals surface area contributed by atoms with Crippen LogP contribution in [0.1, 0.15) is 39.0 Å². The molecule has 0 aromatic carbocycles. The lowest BCUT2D eigenvalue weighted by Crippen LogP contribution is -2.41. The van der Waals surface area contributed by atoms with E-state index in [9.17, 15) is 8.42 Å². The van der Waals surface area contributed by atoms with Crippen molar-refractivity contribution >= 4 is 38.6 Å². The number of sulfonamides is 1. The minimum atomic E-state index is -3.18. The Kier molecular flexibility index (Phi) is 6.21. The molecule has 0 atom stereocenters. The molecule has 1 saturated carbocycles. The lowest BCUT2D eigenvalue weighted by Gasteiger charge is -2.29. The van der Waals surface area contributed by atoms with E-state index in [-0.39, 0.29) is 17.8 Å². The fraction of sp³-hybridized carbons (Fsp3) is 0.450. The van der Waals surface area contributed by atoms with Gasteiger partial charge in [-0.05, 0) is 44.2 Å². The maximum absolute atomic E-state index is 12.0. The first-order chi connectivity index (χ1) is 14.4. The van der Waals surface area contributed by atoms with Gasteiger partial charge in [-0.1, -0.05) is 18.5 Å². The van der Waals surface area contributed by atoms with Crippen molar-refractivity contribution in [3.05, 3.63) is 35.7 Å². The van der Waals surface area contributed by atoms with Crippen molar-refractivity contribution in [1.29, 1.82) is 0 Å². The van der Waals surface area contributed by atoms with E-state index in [1.165, 1.54) is 0 Å². The lowest BCUT2D eigenvalue weighted by atomic mass is 9.92. The van der Waals surface area contributed by atoms with Crippen molar-refractivity contribution < 1.29 is 8.42 Å². The Hall–Kier alpha value is -2.23. The number of hydrogen-bond donors (Lipinski definition) is 3. The Morgan fingerprint density at radius 2 is 1.97 bits per heavy atom. The molecule has 0 spiro atoms. The van der Waals surface area contributed by atoms with Gasteiger partial charge in [0.2, 0.25) is 16.0 Å². The van der Waals surface area contributed by atoms with Crippen LogP contribution in [0.25, 0.3) is 22.3 Å². The molecular formula is C20H25ClN6O2S. The van der Waals surface area contributed by atoms with E-state index >= 15 is 0 Å². The molecule has 0 bridgehead atoms. The molecule has 1 aliphatic carbocycles. The third kappa shape index (κ3) is 4.91. The first-order valence-corrected chi connectivity index (χ1v) is 12.2. The van der Waals surface area contributed by atoms with E-state index in [0.717, 1.165) is 48.0 Å². The van der Waals surface area contributed by atoms with Gasteiger partial charge in [0, 0.05) is 41.5 Å². The maximum Gasteiger partial charge on any atom is 0.224 e. The third-order valence-corrected chi connectivity index (χ3v) is 7.13. The zero-order valence-electron chi connectivity index (χ0n) is 16.7. The van der Waals surface area contributed by atoms with Crippen LogP contribution >= 0.6 is 11.6 Å². The number of anilines is 1. The summed E-state index contributed by atoms with van der Waals surface area (Å²) >= 11 is 6.27. The summed E-state index contributed by atoms with van der Waals surface area (Å²) in [7, 11) is -3.18. The first-order valence-electron chi connectivity index (χ1n) is 10.2. The number of pyridine rings is 1. The largest absolute Gasteiger partial charge is 0.351 e. The molecule has 8 nitrogen and oxygen atoms in total. The van der Waals surface area contributed by atoms with Crippen molar-refractivity contribution in [2.45, 2.75) is 51.1 Å². The van der Waals surface area contributed by atoms with E-state index in [0.29, 0.717) is 17.5 Å². The van der Waals surface area contributed by atoms with E-state index in [1.54, 1.807) is 12.3 Å². The summed E-state index contributed by atoms with van der Waals surface area (Å²) in [5.74, 6) is 0.652. The van der Waals surface area contributed by atoms with Crippen molar-refractivity contribution in [1.82, 2.24) is 24.7 Å². The number of rotatable bonds is 7. The molecule has 10 heteroatoms. The van der Waals surface area contributed by atoms with Gasteiger partial charge in [0.15, 0.2) is 0 Å². The molecule has 4 rings (SSSR count). The number of hydrogen-bond acceptors (Lipinski definition) is 6. The molecule has 3 N–H and O–H groups in total. The average Bonchev–Trinajstić information content (AvgIpc) is 3.13. The molecule has 0 unspecified atom stereocenters. The van der Waals surface area contributed by atoms with Crippen LogP contribution in [0.15, 0.2) is 30.6 Å². The number of aromatic nitrogens is 4. The van der Waals surface area contributed by atoms with Crippen LogP contribution in [0.3, 0.4) is 0 Å². The molecule has 3 aromatic rings. The number of halogens is 1. The van der Waals surface area contributed by atoms with E-state index < -0.39 is 10.0 Å². The van der Waals surface area contributed by atoms with Crippen LogP contribution in [0.5, 0.6) is 0 Å². The van der Waals surface area contributed by atoms with Crippen molar-refractivity contribution in [2.75, 3.05) is 11.1 Å². The molecule has 0 saturated heterocycles. The van der Waals surface area contributed by atoms with Gasteiger partial charge >= 0.3 is 0 Å². The molecule has 1 aliphatic rings. The second-order valence-electron chi connectivity index (χ2n) is 7.63. The zero-order valence-corrected chi connectivity index (χ0v) is 18.3. The van der Waals surface area contributed by atoms with Gasteiger partial charge in [0.1, 0.15) is 10.8 Å². The van der Waals surface area contributed by atoms with Gasteiger partial charge < -0.3 is 10.3 Å². The predicted molar refractivity (Wildman–Crippen MR) is 119 cm³/mol. The quantitative estimate of drug-likeness (QED) is 0.475. The summed E-state index contributed by atoms with van der Waals surface area (Å²) in [4.78, 5) is 16.4. The van der Waals surface area contributed by atoms with E-state index in [1.807, 2.05) is 25.3 Å². The molecule has 0 radical (unpaired) electrons. The van der Waals surface area contributed by atoms with Crippen molar-refractivity contribution in [2.24, 2.45) is 0 Å². The van der Waals surface area contributed by atoms with Gasteiger partial charge in [-0.15, -0.1) is 0 Å². The topological polar surface area (TPSA) is 113 Å². The highest BCUT2D eigenvalue weighted by Crippen LogP contribution is 2.29. The van der Waals surface area contributed by atoms with Gasteiger partial charge in [-0.25, -0.2) is 28.1 Å². The molecule has 3 heterocycles. The van der Waals surface area contributed by atoms with Gasteiger partial charge in [0.25, 0.3) is 0 Å². The van der Waals surface area contributed by atoms with Crippen molar-refractivity contribution in [3.63, 3.8) is 0 Å². The predicted octanol–water partition coefficient (Wildman–Crippen LogP) is 3.73. The van der Waals surface area contributed by atoms with Gasteiger partial charge in [0.05, 0.1) is 11.4 Å². The van der Waals surface area contributed by atoms with Gasteiger partial charge in [-0.2, -0.15) is 0 Å². The Morgan fingerprint density at radius 3 is 2.73 bits per heavy atom. The smallest absolute Gasteiger partial charge is 0.224 e. The first kappa shape index (κ1) is 21.0. The molecular weight excluding hydrogens is 424 g/mol. The van der Waals surface area contributed by atoms with Crippen LogP contribution in [-0.4, -0.2) is 46.2 Å². The molecule has 0 amide bonds. The van der Waals surface area contributed by atoms with Crippen LogP contribution in [0, 0.1) is 0 Å². The highest BCUT2D eigenvalue weighted by atomic mass is 35.5. The van der Waals surface area contributed by atoms with Crippen LogP contribution < -0.4 is 10.0 Å². The zero-order chi connectivity index (χ0) is 21.1. The second kappa shape index (κ2) is 8.87. The molecule has 3 aromatic heterocycles. The van der Waals surface area contributed by atoms with Crippen LogP contribution in [-0.2, 0) is 10.0 Å². The summed E-state index contributed by atoms with van der Waals surface area (Å²) in [5, 5.41) is 4.70. The normalized spacial score (nSPS) is 19.8. The highest BCUT2D eigenvalue weighted by Gasteiger charge is 2.25. The van der Waals surface area contributed by atoms with Crippen LogP contribution in [0.4, 0.5) is 5.95 Å². The minimum absolute atomic E-state index is 0.00541. The summed E-state index contributed by atoms with van der Waals surface area (Å²) in [5.41, 5.74) is 2.43. The summed E-state index contributed by atoms with van der Waals surface area (Å²) in [6, 6.07) is 5.77. The van der Waals surface area contributed by atoms with E-state index in [4.69, 9.17) is 11.6 Å². The monoisotopic (exact) mass is 448 g/mol. The Labute approximate surface area is 180 Å². The molecule has 30 heavy (non-hydrogen) atoms. The second-order valence-corrected chi connectivity index (χ2v) is 9.89. The van der Waals surface area contributed by atoms with Gasteiger partial charge in [-0.3, -0.25) is 0 Å². The summed E-state index contributed by atoms with van der Waals surface area (Å²) in [6.07, 6.45) is 7.45. The standard InChI is InChI=1S/C20H25ClN6O2S/c1-2-10-30(28,29)27-14-7-5-13(6-8-14)24-20-25-17(11-18(21)26-20)16-12-23-19-15(16)4-3-9-22-19/h3-4,9,11-14,27H,2,5-8,10H2,1H3,(H,22,23)(H,24,25,26)/t13-,14-. The fourth-order valence-corrected chi connectivity index (χ4v) is 5.49. The molecule has 0 aliphatic heterocycles. The summed E-state index contributed by atoms with van der Waals surface area (Å²) < 4.78 is 26.8. The number of nitrogens with one attached hydrogen (secondary N) is 3. The highest BCUT2D eigenvalue weighted by molar-refractivity contribution is 7.89. The summed E-state index contributed by atoms with van der Waals surface area (Å²) in [6.45, 7) is 1.87. The third-order valence-electron chi connectivity index (χ3n) is 5.30. The number of aromatic amines is 1. The molecule has 160 valence electrons. The SMILES string of the molecule is CCCS(=O)(=O)N[C@H]1CC[C@H](Nc2nc(Cl)cc(-c3c[nH]c4ncccc34)n2)CC1. The maximum atomic E-state index is 12.0. The Balaban J connectivity index is 1.44.